The summed E-state index contributed by atoms with van der Waals surface area (Å²) < 4.78 is 5.18. The molecule has 7 heteroatoms. The average Bonchev–Trinajstić information content (AvgIpc) is 3.24. The van der Waals surface area contributed by atoms with Crippen molar-refractivity contribution in [3.63, 3.8) is 0 Å². The van der Waals surface area contributed by atoms with E-state index >= 15 is 0 Å². The molecule has 3 aromatic rings. The maximum Gasteiger partial charge on any atom is 0.253 e. The Morgan fingerprint density at radius 3 is 2.48 bits per heavy atom. The molecular formula is C20H19ClN4O2. The Kier molecular flexibility index (Phi) is 4.81. The standard InChI is InChI=1S/C20H19ClN4O2/c1-14-2-7-17(21)12-18(14)24-8-10-25(11-9-24)20(26)16-5-3-15(4-6-16)19-23-22-13-27-19/h2-7,12-13H,8-11H2,1H3. The fourth-order valence-electron chi connectivity index (χ4n) is 3.31. The summed E-state index contributed by atoms with van der Waals surface area (Å²) >= 11 is 6.14. The van der Waals surface area contributed by atoms with Gasteiger partial charge in [-0.25, -0.2) is 0 Å². The fraction of sp³-hybridized carbons (Fsp3) is 0.250. The molecule has 2 aromatic carbocycles. The van der Waals surface area contributed by atoms with Gasteiger partial charge in [-0.05, 0) is 48.9 Å². The van der Waals surface area contributed by atoms with Gasteiger partial charge in [0.15, 0.2) is 0 Å². The third-order valence-electron chi connectivity index (χ3n) is 4.82. The molecule has 1 aliphatic heterocycles. The van der Waals surface area contributed by atoms with Gasteiger partial charge in [0, 0.05) is 48.0 Å². The first kappa shape index (κ1) is 17.5. The molecule has 6 nitrogen and oxygen atoms in total. The number of rotatable bonds is 3. The van der Waals surface area contributed by atoms with E-state index in [4.69, 9.17) is 16.0 Å². The number of anilines is 1. The van der Waals surface area contributed by atoms with Crippen LogP contribution < -0.4 is 4.90 Å². The molecule has 0 unspecified atom stereocenters. The molecule has 1 aromatic heterocycles. The second-order valence-corrected chi connectivity index (χ2v) is 6.97. The summed E-state index contributed by atoms with van der Waals surface area (Å²) in [6.45, 7) is 5.00. The van der Waals surface area contributed by atoms with Crippen molar-refractivity contribution in [2.24, 2.45) is 0 Å². The van der Waals surface area contributed by atoms with Gasteiger partial charge in [0.25, 0.3) is 5.91 Å². The highest BCUT2D eigenvalue weighted by Gasteiger charge is 2.23. The lowest BCUT2D eigenvalue weighted by atomic mass is 10.1. The third-order valence-corrected chi connectivity index (χ3v) is 5.05. The van der Waals surface area contributed by atoms with E-state index in [1.807, 2.05) is 35.2 Å². The highest BCUT2D eigenvalue weighted by molar-refractivity contribution is 6.30. The average molecular weight is 383 g/mol. The molecule has 0 bridgehead atoms. The van der Waals surface area contributed by atoms with Gasteiger partial charge in [0.2, 0.25) is 12.3 Å². The first-order chi connectivity index (χ1) is 13.1. The molecule has 0 aliphatic carbocycles. The number of piperazine rings is 1. The van der Waals surface area contributed by atoms with Crippen molar-refractivity contribution >= 4 is 23.2 Å². The van der Waals surface area contributed by atoms with Gasteiger partial charge in [-0.15, -0.1) is 10.2 Å². The first-order valence-corrected chi connectivity index (χ1v) is 9.16. The number of amides is 1. The first-order valence-electron chi connectivity index (χ1n) is 8.79. The molecule has 0 atom stereocenters. The van der Waals surface area contributed by atoms with Crippen LogP contribution in [0, 0.1) is 6.92 Å². The Labute approximate surface area is 162 Å². The number of aromatic nitrogens is 2. The van der Waals surface area contributed by atoms with E-state index in [1.165, 1.54) is 12.0 Å². The zero-order valence-electron chi connectivity index (χ0n) is 14.9. The Morgan fingerprint density at radius 1 is 1.07 bits per heavy atom. The van der Waals surface area contributed by atoms with Crippen molar-refractivity contribution < 1.29 is 9.21 Å². The summed E-state index contributed by atoms with van der Waals surface area (Å²) in [6.07, 6.45) is 1.29. The minimum atomic E-state index is 0.0366. The summed E-state index contributed by atoms with van der Waals surface area (Å²) in [5.74, 6) is 0.481. The SMILES string of the molecule is Cc1ccc(Cl)cc1N1CCN(C(=O)c2ccc(-c3nnco3)cc2)CC1. The molecule has 1 saturated heterocycles. The number of nitrogens with zero attached hydrogens (tertiary/aromatic N) is 4. The number of benzene rings is 2. The van der Waals surface area contributed by atoms with Gasteiger partial charge in [-0.1, -0.05) is 17.7 Å². The summed E-state index contributed by atoms with van der Waals surface area (Å²) in [4.78, 5) is 17.0. The second-order valence-electron chi connectivity index (χ2n) is 6.53. The summed E-state index contributed by atoms with van der Waals surface area (Å²) in [5.41, 5.74) is 3.78. The zero-order chi connectivity index (χ0) is 18.8. The van der Waals surface area contributed by atoms with Crippen LogP contribution in [0.1, 0.15) is 15.9 Å². The van der Waals surface area contributed by atoms with Crippen LogP contribution in [-0.2, 0) is 0 Å². The van der Waals surface area contributed by atoms with Crippen LogP contribution >= 0.6 is 11.6 Å². The van der Waals surface area contributed by atoms with Gasteiger partial charge in [-0.2, -0.15) is 0 Å². The normalized spacial score (nSPS) is 14.4. The molecule has 1 amide bonds. The van der Waals surface area contributed by atoms with E-state index in [1.54, 1.807) is 12.1 Å². The van der Waals surface area contributed by atoms with E-state index in [2.05, 4.69) is 22.0 Å². The lowest BCUT2D eigenvalue weighted by Gasteiger charge is -2.37. The van der Waals surface area contributed by atoms with Gasteiger partial charge in [-0.3, -0.25) is 4.79 Å². The highest BCUT2D eigenvalue weighted by atomic mass is 35.5. The number of carbonyl (C=O) groups is 1. The van der Waals surface area contributed by atoms with Gasteiger partial charge in [0.1, 0.15) is 0 Å². The van der Waals surface area contributed by atoms with E-state index in [-0.39, 0.29) is 5.91 Å². The maximum absolute atomic E-state index is 12.8. The Bertz CT molecular complexity index is 933. The van der Waals surface area contributed by atoms with Crippen LogP contribution in [0.25, 0.3) is 11.5 Å². The second kappa shape index (κ2) is 7.40. The fourth-order valence-corrected chi connectivity index (χ4v) is 3.48. The number of hydrogen-bond acceptors (Lipinski definition) is 5. The third kappa shape index (κ3) is 3.66. The number of carbonyl (C=O) groups excluding carboxylic acids is 1. The molecule has 0 radical (unpaired) electrons. The van der Waals surface area contributed by atoms with Crippen LogP contribution in [0.4, 0.5) is 5.69 Å². The molecule has 0 saturated carbocycles. The molecule has 27 heavy (non-hydrogen) atoms. The van der Waals surface area contributed by atoms with Crippen molar-refractivity contribution in [3.8, 4) is 11.5 Å². The van der Waals surface area contributed by atoms with Crippen molar-refractivity contribution in [1.82, 2.24) is 15.1 Å². The van der Waals surface area contributed by atoms with Crippen LogP contribution in [0.3, 0.4) is 0 Å². The molecule has 0 N–H and O–H groups in total. The zero-order valence-corrected chi connectivity index (χ0v) is 15.7. The minimum absolute atomic E-state index is 0.0366. The molecule has 0 spiro atoms. The predicted molar refractivity (Wildman–Crippen MR) is 104 cm³/mol. The van der Waals surface area contributed by atoms with Crippen LogP contribution in [0.2, 0.25) is 5.02 Å². The monoisotopic (exact) mass is 382 g/mol. The molecule has 138 valence electrons. The Balaban J connectivity index is 1.42. The van der Waals surface area contributed by atoms with Crippen molar-refractivity contribution in [2.45, 2.75) is 6.92 Å². The maximum atomic E-state index is 12.8. The number of hydrogen-bond donors (Lipinski definition) is 0. The van der Waals surface area contributed by atoms with E-state index < -0.39 is 0 Å². The molecule has 1 fully saturated rings. The van der Waals surface area contributed by atoms with Crippen molar-refractivity contribution in [2.75, 3.05) is 31.1 Å². The van der Waals surface area contributed by atoms with Gasteiger partial charge in [0.05, 0.1) is 0 Å². The van der Waals surface area contributed by atoms with Crippen LogP contribution in [-0.4, -0.2) is 47.2 Å². The Morgan fingerprint density at radius 2 is 1.81 bits per heavy atom. The molecule has 4 rings (SSSR count). The number of halogens is 1. The highest BCUT2D eigenvalue weighted by Crippen LogP contribution is 2.26. The van der Waals surface area contributed by atoms with Gasteiger partial charge >= 0.3 is 0 Å². The van der Waals surface area contributed by atoms with Crippen LogP contribution in [0.5, 0.6) is 0 Å². The molecule has 2 heterocycles. The Hall–Kier alpha value is -2.86. The van der Waals surface area contributed by atoms with E-state index in [0.717, 1.165) is 29.4 Å². The largest absolute Gasteiger partial charge is 0.423 e. The topological polar surface area (TPSA) is 62.5 Å². The smallest absolute Gasteiger partial charge is 0.253 e. The summed E-state index contributed by atoms with van der Waals surface area (Å²) in [5, 5.41) is 8.27. The quantitative estimate of drug-likeness (QED) is 0.691. The lowest BCUT2D eigenvalue weighted by molar-refractivity contribution is 0.0747. The van der Waals surface area contributed by atoms with Crippen molar-refractivity contribution in [1.29, 1.82) is 0 Å². The van der Waals surface area contributed by atoms with Crippen LogP contribution in [0.15, 0.2) is 53.3 Å². The summed E-state index contributed by atoms with van der Waals surface area (Å²) in [7, 11) is 0. The number of aryl methyl sites for hydroxylation is 1. The van der Waals surface area contributed by atoms with Gasteiger partial charge < -0.3 is 14.2 Å². The van der Waals surface area contributed by atoms with E-state index in [0.29, 0.717) is 24.5 Å². The van der Waals surface area contributed by atoms with Crippen molar-refractivity contribution in [3.05, 3.63) is 65.0 Å². The lowest BCUT2D eigenvalue weighted by Crippen LogP contribution is -2.49. The minimum Gasteiger partial charge on any atom is -0.423 e. The van der Waals surface area contributed by atoms with E-state index in [9.17, 15) is 4.79 Å². The summed E-state index contributed by atoms with van der Waals surface area (Å²) in [6, 6.07) is 13.2. The predicted octanol–water partition coefficient (Wildman–Crippen LogP) is 3.66. The molecular weight excluding hydrogens is 364 g/mol. The molecule has 1 aliphatic rings.